The summed E-state index contributed by atoms with van der Waals surface area (Å²) in [4.78, 5) is 11.9. The summed E-state index contributed by atoms with van der Waals surface area (Å²) < 4.78 is 23.6. The Hall–Kier alpha value is -1.14. The second kappa shape index (κ2) is 5.46. The molecule has 0 aliphatic heterocycles. The average molecular weight is 258 g/mol. The predicted molar refractivity (Wildman–Crippen MR) is 67.7 cm³/mol. The number of nitrogens with zero attached hydrogens (tertiary/aromatic N) is 1. The molecule has 5 nitrogen and oxygen atoms in total. The van der Waals surface area contributed by atoms with Gasteiger partial charge in [-0.1, -0.05) is 6.07 Å². The summed E-state index contributed by atoms with van der Waals surface area (Å²) in [6.45, 7) is 2.43. The summed E-state index contributed by atoms with van der Waals surface area (Å²) >= 11 is 0. The minimum Gasteiger partial charge on any atom is -0.326 e. The number of aromatic nitrogens is 1. The summed E-state index contributed by atoms with van der Waals surface area (Å²) in [5.41, 5.74) is 6.71. The lowest BCUT2D eigenvalue weighted by molar-refractivity contribution is 0.585. The molecule has 0 bridgehead atoms. The van der Waals surface area contributed by atoms with Gasteiger partial charge in [0.1, 0.15) is 9.84 Å². The quantitative estimate of drug-likeness (QED) is 0.809. The molecule has 0 fully saturated rings. The maximum Gasteiger partial charge on any atom is 0.255 e. The van der Waals surface area contributed by atoms with Crippen molar-refractivity contribution in [3.05, 3.63) is 33.7 Å². The van der Waals surface area contributed by atoms with E-state index in [-0.39, 0.29) is 17.9 Å². The van der Waals surface area contributed by atoms with Gasteiger partial charge in [-0.2, -0.15) is 0 Å². The Bertz CT molecular complexity index is 546. The lowest BCUT2D eigenvalue weighted by Crippen LogP contribution is -2.27. The minimum atomic E-state index is -2.98. The van der Waals surface area contributed by atoms with Gasteiger partial charge in [0.15, 0.2) is 0 Å². The summed E-state index contributed by atoms with van der Waals surface area (Å²) in [6, 6.07) is 3.54. The van der Waals surface area contributed by atoms with Crippen LogP contribution in [0.5, 0.6) is 0 Å². The van der Waals surface area contributed by atoms with Crippen molar-refractivity contribution in [2.45, 2.75) is 26.4 Å². The first kappa shape index (κ1) is 13.9. The van der Waals surface area contributed by atoms with Gasteiger partial charge < -0.3 is 10.3 Å². The Morgan fingerprint density at radius 3 is 2.53 bits per heavy atom. The van der Waals surface area contributed by atoms with Crippen LogP contribution in [0.3, 0.4) is 0 Å². The second-order valence-electron chi connectivity index (χ2n) is 4.14. The van der Waals surface area contributed by atoms with E-state index >= 15 is 0 Å². The molecule has 1 aromatic rings. The molecule has 1 aromatic heterocycles. The van der Waals surface area contributed by atoms with E-state index in [1.807, 2.05) is 13.0 Å². The van der Waals surface area contributed by atoms with Crippen molar-refractivity contribution in [1.29, 1.82) is 0 Å². The Kier molecular flexibility index (Phi) is 4.47. The summed E-state index contributed by atoms with van der Waals surface area (Å²) in [5, 5.41) is 0. The van der Waals surface area contributed by atoms with Gasteiger partial charge in [0.05, 0.1) is 5.75 Å². The highest BCUT2D eigenvalue weighted by atomic mass is 32.2. The van der Waals surface area contributed by atoms with E-state index in [1.165, 1.54) is 6.26 Å². The average Bonchev–Trinajstić information content (AvgIpc) is 2.21. The molecule has 0 radical (unpaired) electrons. The summed E-state index contributed by atoms with van der Waals surface area (Å²) in [6.07, 6.45) is 1.63. The van der Waals surface area contributed by atoms with Gasteiger partial charge in [-0.25, -0.2) is 8.42 Å². The normalized spacial score (nSPS) is 11.7. The molecule has 17 heavy (non-hydrogen) atoms. The fourth-order valence-electron chi connectivity index (χ4n) is 1.63. The van der Waals surface area contributed by atoms with Crippen molar-refractivity contribution >= 4 is 9.84 Å². The summed E-state index contributed by atoms with van der Waals surface area (Å²) in [5.74, 6) is 0.0890. The molecule has 0 saturated heterocycles. The lowest BCUT2D eigenvalue weighted by Gasteiger charge is -2.10. The van der Waals surface area contributed by atoms with E-state index in [0.29, 0.717) is 18.5 Å². The molecular weight excluding hydrogens is 240 g/mol. The smallest absolute Gasteiger partial charge is 0.255 e. The third-order valence-electron chi connectivity index (χ3n) is 2.59. The molecule has 2 N–H and O–H groups in total. The Morgan fingerprint density at radius 1 is 1.35 bits per heavy atom. The zero-order valence-electron chi connectivity index (χ0n) is 10.1. The van der Waals surface area contributed by atoms with Crippen molar-refractivity contribution in [3.63, 3.8) is 0 Å². The first-order valence-electron chi connectivity index (χ1n) is 5.42. The van der Waals surface area contributed by atoms with Gasteiger partial charge in [-0.15, -0.1) is 0 Å². The molecular formula is C11H18N2O3S. The third-order valence-corrected chi connectivity index (χ3v) is 3.62. The van der Waals surface area contributed by atoms with Crippen LogP contribution in [0.2, 0.25) is 0 Å². The van der Waals surface area contributed by atoms with Crippen LogP contribution >= 0.6 is 0 Å². The number of hydrogen-bond acceptors (Lipinski definition) is 4. The molecule has 0 atom stereocenters. The zero-order chi connectivity index (χ0) is 13.1. The van der Waals surface area contributed by atoms with Crippen LogP contribution in [0.15, 0.2) is 16.9 Å². The largest absolute Gasteiger partial charge is 0.326 e. The molecule has 0 saturated carbocycles. The topological polar surface area (TPSA) is 82.2 Å². The summed E-state index contributed by atoms with van der Waals surface area (Å²) in [7, 11) is -2.98. The number of nitrogens with two attached hydrogens (primary N) is 1. The van der Waals surface area contributed by atoms with Crippen molar-refractivity contribution in [1.82, 2.24) is 4.57 Å². The van der Waals surface area contributed by atoms with Crippen LogP contribution in [0.1, 0.15) is 17.7 Å². The standard InChI is InChI=1S/C11H18N2O3S/c1-9-4-5-10(8-12)11(14)13(9)6-3-7-17(2,15)16/h4-5H,3,6-8,12H2,1-2H3. The van der Waals surface area contributed by atoms with Crippen molar-refractivity contribution < 1.29 is 8.42 Å². The van der Waals surface area contributed by atoms with E-state index in [1.54, 1.807) is 10.6 Å². The van der Waals surface area contributed by atoms with Crippen LogP contribution < -0.4 is 11.3 Å². The molecule has 6 heteroatoms. The maximum atomic E-state index is 11.9. The van der Waals surface area contributed by atoms with E-state index in [4.69, 9.17) is 5.73 Å². The highest BCUT2D eigenvalue weighted by Crippen LogP contribution is 2.00. The Morgan fingerprint density at radius 2 is 2.00 bits per heavy atom. The van der Waals surface area contributed by atoms with Gasteiger partial charge >= 0.3 is 0 Å². The molecule has 96 valence electrons. The number of rotatable bonds is 5. The molecule has 0 amide bonds. The van der Waals surface area contributed by atoms with Crippen molar-refractivity contribution in [3.8, 4) is 0 Å². The Labute approximate surface area is 101 Å². The third kappa shape index (κ3) is 3.98. The van der Waals surface area contributed by atoms with Gasteiger partial charge in [-0.3, -0.25) is 4.79 Å². The molecule has 0 spiro atoms. The van der Waals surface area contributed by atoms with Crippen LogP contribution in [-0.4, -0.2) is 25.0 Å². The first-order chi connectivity index (χ1) is 7.85. The zero-order valence-corrected chi connectivity index (χ0v) is 11.0. The molecule has 1 heterocycles. The molecule has 0 unspecified atom stereocenters. The maximum absolute atomic E-state index is 11.9. The SMILES string of the molecule is Cc1ccc(CN)c(=O)n1CCCS(C)(=O)=O. The van der Waals surface area contributed by atoms with Crippen LogP contribution in [0.4, 0.5) is 0 Å². The molecule has 0 aromatic carbocycles. The Balaban J connectivity index is 2.88. The van der Waals surface area contributed by atoms with Gasteiger partial charge in [-0.05, 0) is 19.4 Å². The molecule has 0 aliphatic carbocycles. The van der Waals surface area contributed by atoms with E-state index in [9.17, 15) is 13.2 Å². The van der Waals surface area contributed by atoms with Crippen LogP contribution in [-0.2, 0) is 22.9 Å². The van der Waals surface area contributed by atoms with E-state index in [0.717, 1.165) is 5.69 Å². The van der Waals surface area contributed by atoms with E-state index in [2.05, 4.69) is 0 Å². The molecule has 1 rings (SSSR count). The number of aryl methyl sites for hydroxylation is 1. The number of hydrogen-bond donors (Lipinski definition) is 1. The monoisotopic (exact) mass is 258 g/mol. The molecule has 0 aliphatic rings. The minimum absolute atomic E-state index is 0.0890. The van der Waals surface area contributed by atoms with Crippen LogP contribution in [0.25, 0.3) is 0 Å². The van der Waals surface area contributed by atoms with Crippen LogP contribution in [0, 0.1) is 6.92 Å². The van der Waals surface area contributed by atoms with Crippen molar-refractivity contribution in [2.75, 3.05) is 12.0 Å². The van der Waals surface area contributed by atoms with Crippen molar-refractivity contribution in [2.24, 2.45) is 5.73 Å². The number of pyridine rings is 1. The van der Waals surface area contributed by atoms with Gasteiger partial charge in [0.2, 0.25) is 0 Å². The number of sulfone groups is 1. The predicted octanol–water partition coefficient (Wildman–Crippen LogP) is 0.0501. The first-order valence-corrected chi connectivity index (χ1v) is 7.48. The fourth-order valence-corrected chi connectivity index (χ4v) is 2.29. The highest BCUT2D eigenvalue weighted by molar-refractivity contribution is 7.90. The van der Waals surface area contributed by atoms with Gasteiger partial charge in [0.25, 0.3) is 5.56 Å². The fraction of sp³-hybridized carbons (Fsp3) is 0.545. The lowest BCUT2D eigenvalue weighted by atomic mass is 10.2. The second-order valence-corrected chi connectivity index (χ2v) is 6.40. The van der Waals surface area contributed by atoms with Gasteiger partial charge in [0, 0.05) is 30.6 Å². The highest BCUT2D eigenvalue weighted by Gasteiger charge is 2.07. The van der Waals surface area contributed by atoms with E-state index < -0.39 is 9.84 Å².